The first-order valence-corrected chi connectivity index (χ1v) is 6.76. The van der Waals surface area contributed by atoms with Crippen molar-refractivity contribution in [2.75, 3.05) is 0 Å². The monoisotopic (exact) mass is 274 g/mol. The first-order chi connectivity index (χ1) is 5.37. The SMILES string of the molecule is O.O=S(=O)(O)C(S(=O)(=O)O)S(=O)(=O)O. The van der Waals surface area contributed by atoms with E-state index in [0.717, 1.165) is 0 Å². The molecule has 0 aliphatic heterocycles. The molecule has 88 valence electrons. The zero-order chi connectivity index (χ0) is 11.1. The minimum Gasteiger partial charge on any atom is -0.412 e. The zero-order valence-electron chi connectivity index (χ0n) is 6.09. The number of hydrogen-bond acceptors (Lipinski definition) is 6. The standard InChI is InChI=1S/CH4O9S3.H2O/c2-11(3,4)1(12(5,6)7)13(8,9)10;/h1H,(H,2,3,4)(H,5,6,7)(H,8,9,10);1H2. The summed E-state index contributed by atoms with van der Waals surface area (Å²) in [5, 5.41) is 0. The van der Waals surface area contributed by atoms with Gasteiger partial charge in [-0.05, 0) is 0 Å². The Balaban J connectivity index is 0. The van der Waals surface area contributed by atoms with Crippen molar-refractivity contribution >= 4 is 30.4 Å². The molecule has 0 aromatic heterocycles. The molecule has 0 radical (unpaired) electrons. The number of hydrogen-bond donors (Lipinski definition) is 3. The average molecular weight is 274 g/mol. The maximum absolute atomic E-state index is 10.1. The quantitative estimate of drug-likeness (QED) is 0.452. The van der Waals surface area contributed by atoms with E-state index < -0.39 is 34.3 Å². The van der Waals surface area contributed by atoms with Crippen molar-refractivity contribution in [2.45, 2.75) is 3.91 Å². The van der Waals surface area contributed by atoms with Crippen LogP contribution in [0.4, 0.5) is 0 Å². The van der Waals surface area contributed by atoms with E-state index in [4.69, 9.17) is 13.7 Å². The summed E-state index contributed by atoms with van der Waals surface area (Å²) in [6, 6.07) is 0. The minimum atomic E-state index is -5.66. The molecule has 0 aromatic carbocycles. The average Bonchev–Trinajstić information content (AvgIpc) is 1.44. The fourth-order valence-electron chi connectivity index (χ4n) is 0.461. The first-order valence-electron chi connectivity index (χ1n) is 2.25. The molecule has 0 fully saturated rings. The van der Waals surface area contributed by atoms with Gasteiger partial charge in [-0.15, -0.1) is 0 Å². The second kappa shape index (κ2) is 4.05. The Morgan fingerprint density at radius 1 is 0.643 bits per heavy atom. The molecule has 0 atom stereocenters. The van der Waals surface area contributed by atoms with Crippen LogP contribution in [-0.4, -0.2) is 48.3 Å². The third-order valence-electron chi connectivity index (χ3n) is 0.730. The molecule has 0 spiro atoms. The second-order valence-electron chi connectivity index (χ2n) is 1.83. The van der Waals surface area contributed by atoms with E-state index in [1.807, 2.05) is 0 Å². The van der Waals surface area contributed by atoms with Crippen LogP contribution in [0.25, 0.3) is 0 Å². The van der Waals surface area contributed by atoms with Gasteiger partial charge in [0.1, 0.15) is 0 Å². The highest BCUT2D eigenvalue weighted by molar-refractivity contribution is 8.19. The Morgan fingerprint density at radius 2 is 0.786 bits per heavy atom. The molecule has 0 saturated heterocycles. The minimum absolute atomic E-state index is 0. The van der Waals surface area contributed by atoms with Gasteiger partial charge in [-0.1, -0.05) is 0 Å². The summed E-state index contributed by atoms with van der Waals surface area (Å²) in [6.45, 7) is 0. The summed E-state index contributed by atoms with van der Waals surface area (Å²) in [6.07, 6.45) is 0. The summed E-state index contributed by atoms with van der Waals surface area (Å²) < 4.78 is 81.1. The van der Waals surface area contributed by atoms with Crippen LogP contribution in [0.3, 0.4) is 0 Å². The van der Waals surface area contributed by atoms with E-state index in [0.29, 0.717) is 0 Å². The van der Waals surface area contributed by atoms with Crippen molar-refractivity contribution in [1.82, 2.24) is 0 Å². The molecule has 0 aliphatic carbocycles. The summed E-state index contributed by atoms with van der Waals surface area (Å²) in [4.78, 5) is 0. The molecule has 5 N–H and O–H groups in total. The van der Waals surface area contributed by atoms with Crippen molar-refractivity contribution in [3.63, 3.8) is 0 Å². The first kappa shape index (κ1) is 16.1. The van der Waals surface area contributed by atoms with Gasteiger partial charge in [0, 0.05) is 0 Å². The van der Waals surface area contributed by atoms with Gasteiger partial charge in [0.25, 0.3) is 0 Å². The van der Waals surface area contributed by atoms with Crippen molar-refractivity contribution in [3.05, 3.63) is 0 Å². The molecule has 0 saturated carbocycles. The Labute approximate surface area is 79.1 Å². The Morgan fingerprint density at radius 3 is 0.786 bits per heavy atom. The fourth-order valence-corrected chi connectivity index (χ4v) is 4.15. The van der Waals surface area contributed by atoms with E-state index >= 15 is 0 Å². The third kappa shape index (κ3) is 4.27. The lowest BCUT2D eigenvalue weighted by Gasteiger charge is -2.05. The molecule has 0 unspecified atom stereocenters. The van der Waals surface area contributed by atoms with Crippen molar-refractivity contribution in [3.8, 4) is 0 Å². The van der Waals surface area contributed by atoms with Crippen LogP contribution in [0.2, 0.25) is 0 Å². The van der Waals surface area contributed by atoms with Crippen LogP contribution in [-0.2, 0) is 30.4 Å². The van der Waals surface area contributed by atoms with Crippen molar-refractivity contribution in [1.29, 1.82) is 0 Å². The lowest BCUT2D eigenvalue weighted by atomic mass is 11.9. The second-order valence-corrected chi connectivity index (χ2v) is 7.23. The van der Waals surface area contributed by atoms with E-state index in [-0.39, 0.29) is 5.48 Å². The summed E-state index contributed by atoms with van der Waals surface area (Å²) in [7, 11) is -17.0. The van der Waals surface area contributed by atoms with Gasteiger partial charge in [-0.25, -0.2) is 0 Å². The lowest BCUT2D eigenvalue weighted by molar-refractivity contribution is 0.449. The molecule has 0 rings (SSSR count). The molecule has 10 nitrogen and oxygen atoms in total. The lowest BCUT2D eigenvalue weighted by Crippen LogP contribution is -2.36. The Hall–Kier alpha value is -0.310. The molecule has 0 heterocycles. The van der Waals surface area contributed by atoms with Crippen LogP contribution >= 0.6 is 0 Å². The van der Waals surface area contributed by atoms with Gasteiger partial charge in [-0.3, -0.25) is 13.7 Å². The van der Waals surface area contributed by atoms with Crippen LogP contribution < -0.4 is 0 Å². The maximum atomic E-state index is 10.1. The summed E-state index contributed by atoms with van der Waals surface area (Å²) in [5.74, 6) is 0. The summed E-state index contributed by atoms with van der Waals surface area (Å²) in [5.41, 5.74) is 0. The van der Waals surface area contributed by atoms with Gasteiger partial charge in [0.05, 0.1) is 0 Å². The molecule has 0 amide bonds. The van der Waals surface area contributed by atoms with Crippen molar-refractivity contribution in [2.24, 2.45) is 0 Å². The Bertz CT molecular complexity index is 397. The van der Waals surface area contributed by atoms with Gasteiger partial charge < -0.3 is 5.48 Å². The van der Waals surface area contributed by atoms with E-state index in [2.05, 4.69) is 0 Å². The summed E-state index contributed by atoms with van der Waals surface area (Å²) >= 11 is 0. The number of rotatable bonds is 3. The topological polar surface area (TPSA) is 195 Å². The zero-order valence-corrected chi connectivity index (χ0v) is 8.54. The van der Waals surface area contributed by atoms with Gasteiger partial charge in [-0.2, -0.15) is 25.3 Å². The molecule has 13 heteroatoms. The van der Waals surface area contributed by atoms with Gasteiger partial charge in [0.15, 0.2) is 0 Å². The maximum Gasteiger partial charge on any atom is 0.336 e. The predicted molar refractivity (Wildman–Crippen MR) is 42.0 cm³/mol. The third-order valence-corrected chi connectivity index (χ3v) is 6.57. The molecule has 14 heavy (non-hydrogen) atoms. The highest BCUT2D eigenvalue weighted by Crippen LogP contribution is 2.12. The highest BCUT2D eigenvalue weighted by Gasteiger charge is 2.46. The molecular formula is CH6O10S3. The molecule has 0 aromatic rings. The van der Waals surface area contributed by atoms with Crippen LogP contribution in [0.15, 0.2) is 0 Å². The molecular weight excluding hydrogens is 268 g/mol. The fraction of sp³-hybridized carbons (Fsp3) is 1.00. The largest absolute Gasteiger partial charge is 0.412 e. The van der Waals surface area contributed by atoms with E-state index in [1.54, 1.807) is 0 Å². The molecule has 0 bridgehead atoms. The smallest absolute Gasteiger partial charge is 0.336 e. The van der Waals surface area contributed by atoms with Crippen LogP contribution in [0.5, 0.6) is 0 Å². The Kier molecular flexibility index (Phi) is 4.67. The van der Waals surface area contributed by atoms with Gasteiger partial charge >= 0.3 is 34.3 Å². The van der Waals surface area contributed by atoms with Crippen LogP contribution in [0.1, 0.15) is 0 Å². The normalized spacial score (nSPS) is 13.7. The highest BCUT2D eigenvalue weighted by atomic mass is 32.3. The van der Waals surface area contributed by atoms with E-state index in [9.17, 15) is 25.3 Å². The van der Waals surface area contributed by atoms with E-state index in [1.165, 1.54) is 0 Å². The van der Waals surface area contributed by atoms with Crippen LogP contribution in [0, 0.1) is 0 Å². The molecule has 0 aliphatic rings. The van der Waals surface area contributed by atoms with Gasteiger partial charge in [0.2, 0.25) is 0 Å². The predicted octanol–water partition coefficient (Wildman–Crippen LogP) is -2.89. The van der Waals surface area contributed by atoms with Crippen molar-refractivity contribution < 1.29 is 44.4 Å².